The van der Waals surface area contributed by atoms with Gasteiger partial charge in [-0.3, -0.25) is 14.4 Å². The van der Waals surface area contributed by atoms with Gasteiger partial charge in [0.25, 0.3) is 11.8 Å². The van der Waals surface area contributed by atoms with Crippen LogP contribution in [0.2, 0.25) is 0 Å². The zero-order valence-electron chi connectivity index (χ0n) is 20.6. The van der Waals surface area contributed by atoms with Gasteiger partial charge in [-0.2, -0.15) is 13.9 Å². The number of rotatable bonds is 8. The standard InChI is InChI=1S/C27H23F2N5O5/c1-14(35)16-5-6-19-17(10-16)11-22(36)24(19)33-26(38)21-12-20(32-23-7-8-31-34(21)23)25(37)30-13-15-3-2-4-18(9-15)39-27(28)29/h2-10,12,22,24,27,36H,11,13H2,1H3,(H,30,37)(H,33,38)/t22-,24-/m1/s1. The number of aliphatic hydroxyl groups excluding tert-OH is 1. The first-order chi connectivity index (χ1) is 18.7. The second-order valence-corrected chi connectivity index (χ2v) is 9.03. The van der Waals surface area contributed by atoms with Gasteiger partial charge in [0.15, 0.2) is 11.4 Å². The van der Waals surface area contributed by atoms with Gasteiger partial charge in [0.1, 0.15) is 17.1 Å². The molecule has 0 fully saturated rings. The summed E-state index contributed by atoms with van der Waals surface area (Å²) in [4.78, 5) is 42.2. The second kappa shape index (κ2) is 10.6. The van der Waals surface area contributed by atoms with E-state index in [1.54, 1.807) is 24.3 Å². The first kappa shape index (κ1) is 25.9. The molecule has 10 nitrogen and oxygen atoms in total. The largest absolute Gasteiger partial charge is 0.435 e. The van der Waals surface area contributed by atoms with Crippen molar-refractivity contribution in [2.24, 2.45) is 0 Å². The van der Waals surface area contributed by atoms with E-state index in [1.807, 2.05) is 0 Å². The van der Waals surface area contributed by atoms with Crippen LogP contribution in [-0.4, -0.2) is 50.0 Å². The van der Waals surface area contributed by atoms with Gasteiger partial charge >= 0.3 is 6.61 Å². The van der Waals surface area contributed by atoms with Crippen LogP contribution >= 0.6 is 0 Å². The van der Waals surface area contributed by atoms with Crippen LogP contribution < -0.4 is 15.4 Å². The van der Waals surface area contributed by atoms with E-state index in [-0.39, 0.29) is 41.5 Å². The summed E-state index contributed by atoms with van der Waals surface area (Å²) in [6.07, 6.45) is 0.790. The van der Waals surface area contributed by atoms with E-state index in [4.69, 9.17) is 0 Å². The highest BCUT2D eigenvalue weighted by Gasteiger charge is 2.33. The summed E-state index contributed by atoms with van der Waals surface area (Å²) in [6.45, 7) is -1.51. The Morgan fingerprint density at radius 3 is 2.72 bits per heavy atom. The number of nitrogens with zero attached hydrogens (tertiary/aromatic N) is 3. The molecule has 0 radical (unpaired) electrons. The number of nitrogens with one attached hydrogen (secondary N) is 2. The number of ether oxygens (including phenoxy) is 1. The van der Waals surface area contributed by atoms with Crippen LogP contribution in [0.25, 0.3) is 5.65 Å². The number of aliphatic hydroxyl groups is 1. The number of ketones is 1. The molecule has 2 aromatic heterocycles. The molecule has 2 atom stereocenters. The molecule has 5 rings (SSSR count). The topological polar surface area (TPSA) is 135 Å². The number of Topliss-reactive ketones (excluding diaryl/α,β-unsaturated/α-hetero) is 1. The van der Waals surface area contributed by atoms with E-state index < -0.39 is 30.6 Å². The number of aromatic nitrogens is 3. The maximum absolute atomic E-state index is 13.4. The summed E-state index contributed by atoms with van der Waals surface area (Å²) in [7, 11) is 0. The van der Waals surface area contributed by atoms with E-state index >= 15 is 0 Å². The van der Waals surface area contributed by atoms with Crippen LogP contribution in [-0.2, 0) is 13.0 Å². The average Bonchev–Trinajstić information content (AvgIpc) is 3.50. The molecule has 0 saturated heterocycles. The van der Waals surface area contributed by atoms with Crippen molar-refractivity contribution in [3.63, 3.8) is 0 Å². The lowest BCUT2D eigenvalue weighted by atomic mass is 10.0. The van der Waals surface area contributed by atoms with E-state index in [0.717, 1.165) is 5.56 Å². The highest BCUT2D eigenvalue weighted by molar-refractivity contribution is 5.98. The number of carbonyl (C=O) groups is 3. The quantitative estimate of drug-likeness (QED) is 0.295. The van der Waals surface area contributed by atoms with Crippen molar-refractivity contribution in [3.8, 4) is 5.75 Å². The van der Waals surface area contributed by atoms with Crippen molar-refractivity contribution < 1.29 is 33.0 Å². The third-order valence-electron chi connectivity index (χ3n) is 6.39. The summed E-state index contributed by atoms with van der Waals surface area (Å²) < 4.78 is 30.6. The minimum absolute atomic E-state index is 0.000223. The first-order valence-corrected chi connectivity index (χ1v) is 12.0. The third-order valence-corrected chi connectivity index (χ3v) is 6.39. The molecule has 0 saturated carbocycles. The number of fused-ring (bicyclic) bond motifs is 2. The Balaban J connectivity index is 1.35. The van der Waals surface area contributed by atoms with Crippen molar-refractivity contribution in [3.05, 3.63) is 94.4 Å². The average molecular weight is 536 g/mol. The van der Waals surface area contributed by atoms with Crippen molar-refractivity contribution >= 4 is 23.2 Å². The Kier molecular flexibility index (Phi) is 7.03. The lowest BCUT2D eigenvalue weighted by Crippen LogP contribution is -2.35. The predicted molar refractivity (Wildman–Crippen MR) is 134 cm³/mol. The number of carbonyl (C=O) groups excluding carboxylic acids is 3. The Labute approximate surface area is 220 Å². The monoisotopic (exact) mass is 535 g/mol. The molecule has 4 aromatic rings. The molecule has 2 amide bonds. The molecule has 200 valence electrons. The number of amides is 2. The van der Waals surface area contributed by atoms with E-state index in [0.29, 0.717) is 16.7 Å². The Bertz CT molecular complexity index is 1590. The summed E-state index contributed by atoms with van der Waals surface area (Å²) in [5, 5.41) is 20.2. The third kappa shape index (κ3) is 5.46. The molecule has 1 aliphatic rings. The van der Waals surface area contributed by atoms with Gasteiger partial charge in [0.2, 0.25) is 0 Å². The zero-order chi connectivity index (χ0) is 27.7. The van der Waals surface area contributed by atoms with E-state index in [2.05, 4.69) is 25.5 Å². The van der Waals surface area contributed by atoms with Crippen molar-refractivity contribution in [2.45, 2.75) is 38.6 Å². The molecule has 0 bridgehead atoms. The van der Waals surface area contributed by atoms with Gasteiger partial charge in [0, 0.05) is 30.7 Å². The number of alkyl halides is 2. The van der Waals surface area contributed by atoms with Gasteiger partial charge < -0.3 is 20.5 Å². The fourth-order valence-electron chi connectivity index (χ4n) is 4.54. The Morgan fingerprint density at radius 2 is 1.95 bits per heavy atom. The zero-order valence-corrected chi connectivity index (χ0v) is 20.6. The predicted octanol–water partition coefficient (Wildman–Crippen LogP) is 2.85. The van der Waals surface area contributed by atoms with Crippen LogP contribution in [0, 0.1) is 0 Å². The SMILES string of the molecule is CC(=O)c1ccc2c(c1)C[C@@H](O)[C@@H]2NC(=O)c1cc(C(=O)NCc2cccc(OC(F)F)c2)nc2ccnn12. The minimum atomic E-state index is -2.97. The van der Waals surface area contributed by atoms with Crippen LogP contribution in [0.4, 0.5) is 8.78 Å². The summed E-state index contributed by atoms with van der Waals surface area (Å²) >= 11 is 0. The van der Waals surface area contributed by atoms with Crippen molar-refractivity contribution in [2.75, 3.05) is 0 Å². The number of benzene rings is 2. The van der Waals surface area contributed by atoms with E-state index in [1.165, 1.54) is 48.0 Å². The van der Waals surface area contributed by atoms with Crippen LogP contribution in [0.15, 0.2) is 60.8 Å². The molecule has 2 aromatic carbocycles. The number of hydrogen-bond donors (Lipinski definition) is 3. The lowest BCUT2D eigenvalue weighted by molar-refractivity contribution is -0.0499. The van der Waals surface area contributed by atoms with E-state index in [9.17, 15) is 28.3 Å². The molecule has 2 heterocycles. The smallest absolute Gasteiger partial charge is 0.387 e. The second-order valence-electron chi connectivity index (χ2n) is 9.03. The molecule has 0 unspecified atom stereocenters. The highest BCUT2D eigenvalue weighted by Crippen LogP contribution is 2.32. The Hall–Kier alpha value is -4.71. The van der Waals surface area contributed by atoms with Gasteiger partial charge in [-0.15, -0.1) is 0 Å². The Morgan fingerprint density at radius 1 is 1.13 bits per heavy atom. The normalized spacial score (nSPS) is 16.2. The van der Waals surface area contributed by atoms with Gasteiger partial charge in [-0.25, -0.2) is 9.50 Å². The van der Waals surface area contributed by atoms with Crippen LogP contribution in [0.5, 0.6) is 5.75 Å². The maximum Gasteiger partial charge on any atom is 0.387 e. The number of hydrogen-bond acceptors (Lipinski definition) is 7. The van der Waals surface area contributed by atoms with Gasteiger partial charge in [0.05, 0.1) is 18.3 Å². The molecule has 0 aliphatic heterocycles. The highest BCUT2D eigenvalue weighted by atomic mass is 19.3. The minimum Gasteiger partial charge on any atom is -0.435 e. The lowest BCUT2D eigenvalue weighted by Gasteiger charge is -2.18. The molecule has 1 aliphatic carbocycles. The van der Waals surface area contributed by atoms with Crippen LogP contribution in [0.3, 0.4) is 0 Å². The van der Waals surface area contributed by atoms with Gasteiger partial charge in [-0.05, 0) is 41.8 Å². The van der Waals surface area contributed by atoms with Gasteiger partial charge in [-0.1, -0.05) is 24.3 Å². The molecule has 0 spiro atoms. The first-order valence-electron chi connectivity index (χ1n) is 12.0. The summed E-state index contributed by atoms with van der Waals surface area (Å²) in [5.74, 6) is -1.33. The maximum atomic E-state index is 13.4. The summed E-state index contributed by atoms with van der Waals surface area (Å²) in [6, 6.07) is 13.1. The molecular formula is C27H23F2N5O5. The number of halogens is 2. The fraction of sp³-hybridized carbons (Fsp3) is 0.222. The fourth-order valence-corrected chi connectivity index (χ4v) is 4.54. The molecule has 3 N–H and O–H groups in total. The summed E-state index contributed by atoms with van der Waals surface area (Å²) in [5.41, 5.74) is 2.70. The molecular weight excluding hydrogens is 512 g/mol. The van der Waals surface area contributed by atoms with Crippen molar-refractivity contribution in [1.82, 2.24) is 25.2 Å². The molecule has 39 heavy (non-hydrogen) atoms. The molecule has 12 heteroatoms. The van der Waals surface area contributed by atoms with Crippen molar-refractivity contribution in [1.29, 1.82) is 0 Å². The van der Waals surface area contributed by atoms with Crippen LogP contribution in [0.1, 0.15) is 61.0 Å².